The van der Waals surface area contributed by atoms with E-state index in [4.69, 9.17) is 16.1 Å². The molecule has 0 aliphatic heterocycles. The summed E-state index contributed by atoms with van der Waals surface area (Å²) in [4.78, 5) is 16.5. The van der Waals surface area contributed by atoms with E-state index in [2.05, 4.69) is 20.2 Å². The van der Waals surface area contributed by atoms with Gasteiger partial charge in [0, 0.05) is 16.1 Å². The molecule has 27 heavy (non-hydrogen) atoms. The highest BCUT2D eigenvalue weighted by Crippen LogP contribution is 2.20. The van der Waals surface area contributed by atoms with Crippen LogP contribution in [0, 0.1) is 0 Å². The minimum Gasteiger partial charge on any atom is -0.343 e. The quantitative estimate of drug-likeness (QED) is 0.648. The van der Waals surface area contributed by atoms with Crippen LogP contribution >= 0.6 is 11.6 Å². The van der Waals surface area contributed by atoms with Crippen LogP contribution in [0.25, 0.3) is 11.4 Å². The molecule has 3 rings (SSSR count). The third kappa shape index (κ3) is 4.51. The maximum atomic E-state index is 12.3. The fraction of sp³-hybridized carbons (Fsp3) is 0.118. The number of benzene rings is 2. The molecule has 0 radical (unpaired) electrons. The molecule has 0 saturated carbocycles. The fourth-order valence-corrected chi connectivity index (χ4v) is 3.22. The zero-order chi connectivity index (χ0) is 19.4. The van der Waals surface area contributed by atoms with Crippen LogP contribution in [0.3, 0.4) is 0 Å². The summed E-state index contributed by atoms with van der Waals surface area (Å²) in [5.74, 6) is 0.0897. The van der Waals surface area contributed by atoms with Gasteiger partial charge in [-0.3, -0.25) is 4.79 Å². The van der Waals surface area contributed by atoms with Gasteiger partial charge in [-0.05, 0) is 37.4 Å². The molecule has 1 aromatic heterocycles. The molecule has 0 bridgehead atoms. The maximum absolute atomic E-state index is 12.3. The minimum atomic E-state index is -3.63. The first kappa shape index (κ1) is 19.0. The van der Waals surface area contributed by atoms with Gasteiger partial charge in [0.05, 0.1) is 11.4 Å². The van der Waals surface area contributed by atoms with Crippen molar-refractivity contribution in [2.75, 3.05) is 7.05 Å². The van der Waals surface area contributed by atoms with Crippen molar-refractivity contribution in [2.45, 2.75) is 11.4 Å². The van der Waals surface area contributed by atoms with Gasteiger partial charge in [0.25, 0.3) is 5.91 Å². The second-order valence-corrected chi connectivity index (χ2v) is 7.76. The van der Waals surface area contributed by atoms with Crippen LogP contribution in [0.2, 0.25) is 5.02 Å². The van der Waals surface area contributed by atoms with Crippen LogP contribution in [-0.4, -0.2) is 31.5 Å². The van der Waals surface area contributed by atoms with E-state index in [1.54, 1.807) is 24.3 Å². The first-order valence-corrected chi connectivity index (χ1v) is 9.65. The zero-order valence-corrected chi connectivity index (χ0v) is 15.7. The Bertz CT molecular complexity index is 1080. The second kappa shape index (κ2) is 7.87. The molecule has 1 amide bonds. The van der Waals surface area contributed by atoms with Gasteiger partial charge >= 0.3 is 0 Å². The molecule has 0 unspecified atom stereocenters. The number of aromatic nitrogens is 2. The van der Waals surface area contributed by atoms with Crippen molar-refractivity contribution < 1.29 is 17.7 Å². The highest BCUT2D eigenvalue weighted by atomic mass is 35.5. The van der Waals surface area contributed by atoms with Crippen molar-refractivity contribution in [1.82, 2.24) is 20.2 Å². The molecule has 0 aliphatic rings. The monoisotopic (exact) mass is 406 g/mol. The molecule has 0 spiro atoms. The number of hydrogen-bond donors (Lipinski definition) is 2. The summed E-state index contributed by atoms with van der Waals surface area (Å²) >= 11 is 5.94. The average molecular weight is 407 g/mol. The molecule has 1 heterocycles. The number of rotatable bonds is 6. The van der Waals surface area contributed by atoms with Gasteiger partial charge in [0.2, 0.25) is 21.7 Å². The Morgan fingerprint density at radius 3 is 2.70 bits per heavy atom. The number of halogens is 1. The number of nitrogens with one attached hydrogen (secondary N) is 2. The van der Waals surface area contributed by atoms with Crippen LogP contribution in [0.1, 0.15) is 16.2 Å². The van der Waals surface area contributed by atoms with Crippen LogP contribution in [0.5, 0.6) is 0 Å². The topological polar surface area (TPSA) is 114 Å². The number of nitrogens with zero attached hydrogens (tertiary/aromatic N) is 2. The minimum absolute atomic E-state index is 0.00122. The van der Waals surface area contributed by atoms with Gasteiger partial charge in [0.15, 0.2) is 0 Å². The lowest BCUT2D eigenvalue weighted by atomic mass is 10.2. The summed E-state index contributed by atoms with van der Waals surface area (Å²) in [7, 11) is -2.33. The van der Waals surface area contributed by atoms with Crippen molar-refractivity contribution >= 4 is 27.5 Å². The van der Waals surface area contributed by atoms with E-state index >= 15 is 0 Å². The molecule has 0 aliphatic carbocycles. The van der Waals surface area contributed by atoms with E-state index < -0.39 is 15.9 Å². The van der Waals surface area contributed by atoms with Gasteiger partial charge in [-0.2, -0.15) is 4.98 Å². The summed E-state index contributed by atoms with van der Waals surface area (Å²) < 4.78 is 31.0. The van der Waals surface area contributed by atoms with E-state index in [-0.39, 0.29) is 22.9 Å². The lowest BCUT2D eigenvalue weighted by molar-refractivity contribution is 0.0946. The van der Waals surface area contributed by atoms with Crippen LogP contribution in [0.15, 0.2) is 57.9 Å². The smallest absolute Gasteiger partial charge is 0.251 e. The summed E-state index contributed by atoms with van der Waals surface area (Å²) in [6.07, 6.45) is 0. The van der Waals surface area contributed by atoms with E-state index in [0.29, 0.717) is 16.4 Å². The van der Waals surface area contributed by atoms with Crippen LogP contribution < -0.4 is 10.0 Å². The summed E-state index contributed by atoms with van der Waals surface area (Å²) in [5.41, 5.74) is 0.884. The molecule has 10 heteroatoms. The van der Waals surface area contributed by atoms with Crippen molar-refractivity contribution in [3.05, 3.63) is 65.0 Å². The first-order chi connectivity index (χ1) is 12.9. The van der Waals surface area contributed by atoms with E-state index in [1.165, 1.54) is 31.3 Å². The van der Waals surface area contributed by atoms with E-state index in [9.17, 15) is 13.2 Å². The number of carbonyl (C=O) groups is 1. The number of sulfonamides is 1. The number of carbonyl (C=O) groups excluding carboxylic acids is 1. The van der Waals surface area contributed by atoms with E-state index in [1.807, 2.05) is 0 Å². The predicted octanol–water partition coefficient (Wildman–Crippen LogP) is 2.23. The Hall–Kier alpha value is -2.75. The highest BCUT2D eigenvalue weighted by molar-refractivity contribution is 7.89. The Balaban J connectivity index is 1.69. The Morgan fingerprint density at radius 1 is 1.19 bits per heavy atom. The standard InChI is InChI=1S/C17H15ClN4O4S/c1-19-27(24,25)14-7-3-5-12(9-14)17(23)20-10-15-21-16(22-26-15)11-4-2-6-13(18)8-11/h2-9,19H,10H2,1H3,(H,20,23). The lowest BCUT2D eigenvalue weighted by Crippen LogP contribution is -2.24. The molecule has 2 aromatic carbocycles. The van der Waals surface area contributed by atoms with Gasteiger partial charge in [0.1, 0.15) is 0 Å². The van der Waals surface area contributed by atoms with Crippen molar-refractivity contribution in [1.29, 1.82) is 0 Å². The zero-order valence-electron chi connectivity index (χ0n) is 14.1. The lowest BCUT2D eigenvalue weighted by Gasteiger charge is -2.06. The Kier molecular flexibility index (Phi) is 5.54. The predicted molar refractivity (Wildman–Crippen MR) is 98.6 cm³/mol. The normalized spacial score (nSPS) is 11.3. The van der Waals surface area contributed by atoms with Gasteiger partial charge in [-0.1, -0.05) is 35.0 Å². The van der Waals surface area contributed by atoms with Crippen molar-refractivity contribution in [2.24, 2.45) is 0 Å². The van der Waals surface area contributed by atoms with Crippen molar-refractivity contribution in [3.8, 4) is 11.4 Å². The number of hydrogen-bond acceptors (Lipinski definition) is 6. The van der Waals surface area contributed by atoms with Crippen LogP contribution in [0.4, 0.5) is 0 Å². The highest BCUT2D eigenvalue weighted by Gasteiger charge is 2.15. The maximum Gasteiger partial charge on any atom is 0.251 e. The molecule has 2 N–H and O–H groups in total. The summed E-state index contributed by atoms with van der Waals surface area (Å²) in [6, 6.07) is 12.7. The van der Waals surface area contributed by atoms with Gasteiger partial charge in [-0.15, -0.1) is 0 Å². The molecule has 0 fully saturated rings. The fourth-order valence-electron chi connectivity index (χ4n) is 2.25. The number of amides is 1. The first-order valence-electron chi connectivity index (χ1n) is 7.79. The molecule has 0 atom stereocenters. The Morgan fingerprint density at radius 2 is 1.96 bits per heavy atom. The molecule has 0 saturated heterocycles. The Labute approximate surface area is 160 Å². The van der Waals surface area contributed by atoms with Crippen molar-refractivity contribution in [3.63, 3.8) is 0 Å². The molecular formula is C17H15ClN4O4S. The summed E-state index contributed by atoms with van der Waals surface area (Å²) in [6.45, 7) is -0.00456. The van der Waals surface area contributed by atoms with Gasteiger partial charge in [-0.25, -0.2) is 13.1 Å². The molecular weight excluding hydrogens is 392 g/mol. The average Bonchev–Trinajstić information content (AvgIpc) is 3.15. The second-order valence-electron chi connectivity index (χ2n) is 5.44. The largest absolute Gasteiger partial charge is 0.343 e. The SMILES string of the molecule is CNS(=O)(=O)c1cccc(C(=O)NCc2nc(-c3cccc(Cl)c3)no2)c1. The third-order valence-corrected chi connectivity index (χ3v) is 5.27. The molecule has 8 nitrogen and oxygen atoms in total. The molecule has 140 valence electrons. The molecule has 3 aromatic rings. The van der Waals surface area contributed by atoms with Gasteiger partial charge < -0.3 is 9.84 Å². The summed E-state index contributed by atoms with van der Waals surface area (Å²) in [5, 5.41) is 7.01. The van der Waals surface area contributed by atoms with Crippen LogP contribution in [-0.2, 0) is 16.6 Å². The van der Waals surface area contributed by atoms with E-state index in [0.717, 1.165) is 0 Å². The third-order valence-electron chi connectivity index (χ3n) is 3.63.